The van der Waals surface area contributed by atoms with Crippen molar-refractivity contribution in [3.8, 4) is 0 Å². The fourth-order valence-electron chi connectivity index (χ4n) is 2.54. The van der Waals surface area contributed by atoms with Gasteiger partial charge in [0.05, 0.1) is 31.0 Å². The highest BCUT2D eigenvalue weighted by Crippen LogP contribution is 2.21. The van der Waals surface area contributed by atoms with E-state index in [2.05, 4.69) is 20.1 Å². The lowest BCUT2D eigenvalue weighted by molar-refractivity contribution is -0.133. The average molecular weight is 384 g/mol. The number of esters is 2. The average Bonchev–Trinajstić information content (AvgIpc) is 2.69. The minimum absolute atomic E-state index is 0.0108. The van der Waals surface area contributed by atoms with Crippen LogP contribution in [0.4, 0.5) is 11.4 Å². The third-order valence-electron chi connectivity index (χ3n) is 4.02. The third-order valence-corrected chi connectivity index (χ3v) is 4.02. The van der Waals surface area contributed by atoms with Crippen molar-refractivity contribution >= 4 is 35.1 Å². The number of anilines is 2. The zero-order valence-electron chi connectivity index (χ0n) is 15.9. The normalized spacial score (nSPS) is 10.0. The van der Waals surface area contributed by atoms with Crippen molar-refractivity contribution in [3.63, 3.8) is 0 Å². The number of methoxy groups -OCH3 is 2. The molecule has 2 amide bonds. The summed E-state index contributed by atoms with van der Waals surface area (Å²) in [5.41, 5.74) is 2.16. The highest BCUT2D eigenvalue weighted by Gasteiger charge is 2.21. The van der Waals surface area contributed by atoms with Gasteiger partial charge in [-0.3, -0.25) is 9.59 Å². The lowest BCUT2D eigenvalue weighted by atomic mass is 10.1. The summed E-state index contributed by atoms with van der Waals surface area (Å²) in [7, 11) is 2.38. The Morgan fingerprint density at radius 1 is 0.786 bits per heavy atom. The lowest BCUT2D eigenvalue weighted by Crippen LogP contribution is -2.30. The molecule has 8 heteroatoms. The van der Waals surface area contributed by atoms with Crippen molar-refractivity contribution in [2.45, 2.75) is 13.8 Å². The van der Waals surface area contributed by atoms with Crippen molar-refractivity contribution in [1.29, 1.82) is 0 Å². The Morgan fingerprint density at radius 2 is 1.36 bits per heavy atom. The second-order valence-electron chi connectivity index (χ2n) is 5.92. The molecule has 2 N–H and O–H groups in total. The van der Waals surface area contributed by atoms with Gasteiger partial charge in [0.15, 0.2) is 0 Å². The fourth-order valence-corrected chi connectivity index (χ4v) is 2.54. The van der Waals surface area contributed by atoms with Gasteiger partial charge in [-0.2, -0.15) is 0 Å². The smallest absolute Gasteiger partial charge is 0.339 e. The molecule has 146 valence electrons. The second-order valence-corrected chi connectivity index (χ2v) is 5.92. The molecule has 2 aromatic carbocycles. The number of rotatable bonds is 4. The number of hydrogen-bond donors (Lipinski definition) is 2. The van der Waals surface area contributed by atoms with Crippen LogP contribution in [0.15, 0.2) is 36.4 Å². The van der Waals surface area contributed by atoms with Gasteiger partial charge in [-0.15, -0.1) is 0 Å². The van der Waals surface area contributed by atoms with E-state index in [1.807, 2.05) is 6.07 Å². The minimum Gasteiger partial charge on any atom is -0.465 e. The van der Waals surface area contributed by atoms with Crippen LogP contribution in [0.3, 0.4) is 0 Å². The van der Waals surface area contributed by atoms with Gasteiger partial charge >= 0.3 is 23.8 Å². The van der Waals surface area contributed by atoms with Gasteiger partial charge < -0.3 is 20.1 Å². The Kier molecular flexibility index (Phi) is 6.49. The molecular formula is C20H20N2O6. The van der Waals surface area contributed by atoms with E-state index in [0.29, 0.717) is 5.69 Å². The highest BCUT2D eigenvalue weighted by atomic mass is 16.5. The number of amides is 2. The summed E-state index contributed by atoms with van der Waals surface area (Å²) in [6.07, 6.45) is 0. The van der Waals surface area contributed by atoms with E-state index >= 15 is 0 Å². The third kappa shape index (κ3) is 4.53. The zero-order valence-corrected chi connectivity index (χ0v) is 15.9. The SMILES string of the molecule is COC(=O)c1ccc(C(=O)OC)c(NC(=O)C(=O)Nc2c(C)cccc2C)c1. The summed E-state index contributed by atoms with van der Waals surface area (Å²) < 4.78 is 9.29. The van der Waals surface area contributed by atoms with Crippen LogP contribution in [-0.4, -0.2) is 38.0 Å². The highest BCUT2D eigenvalue weighted by molar-refractivity contribution is 6.44. The molecule has 28 heavy (non-hydrogen) atoms. The quantitative estimate of drug-likeness (QED) is 0.619. The molecule has 0 aromatic heterocycles. The predicted molar refractivity (Wildman–Crippen MR) is 102 cm³/mol. The van der Waals surface area contributed by atoms with Gasteiger partial charge in [0.2, 0.25) is 0 Å². The molecule has 0 spiro atoms. The molecule has 0 fully saturated rings. The first-order valence-electron chi connectivity index (χ1n) is 8.27. The number of aryl methyl sites for hydroxylation is 2. The maximum atomic E-state index is 12.4. The number of ether oxygens (including phenoxy) is 2. The summed E-state index contributed by atoms with van der Waals surface area (Å²) in [5, 5.41) is 4.90. The van der Waals surface area contributed by atoms with Crippen LogP contribution in [0.2, 0.25) is 0 Å². The largest absolute Gasteiger partial charge is 0.465 e. The van der Waals surface area contributed by atoms with Gasteiger partial charge in [0.25, 0.3) is 0 Å². The van der Waals surface area contributed by atoms with E-state index in [4.69, 9.17) is 0 Å². The molecule has 0 bridgehead atoms. The molecular weight excluding hydrogens is 364 g/mol. The van der Waals surface area contributed by atoms with E-state index in [1.54, 1.807) is 26.0 Å². The van der Waals surface area contributed by atoms with Gasteiger partial charge in [0, 0.05) is 5.69 Å². The number of carbonyl (C=O) groups excluding carboxylic acids is 4. The topological polar surface area (TPSA) is 111 Å². The zero-order chi connectivity index (χ0) is 20.8. The molecule has 0 heterocycles. The van der Waals surface area contributed by atoms with E-state index in [1.165, 1.54) is 32.4 Å². The lowest BCUT2D eigenvalue weighted by Gasteiger charge is -2.13. The maximum absolute atomic E-state index is 12.4. The Balaban J connectivity index is 2.29. The molecule has 8 nitrogen and oxygen atoms in total. The molecule has 0 radical (unpaired) electrons. The van der Waals surface area contributed by atoms with E-state index in [-0.39, 0.29) is 16.8 Å². The molecule has 0 atom stereocenters. The summed E-state index contributed by atoms with van der Waals surface area (Å²) in [4.78, 5) is 48.3. The molecule has 0 saturated heterocycles. The first-order valence-corrected chi connectivity index (χ1v) is 8.27. The van der Waals surface area contributed by atoms with Gasteiger partial charge in [-0.1, -0.05) is 18.2 Å². The molecule has 2 rings (SSSR count). The summed E-state index contributed by atoms with van der Waals surface area (Å²) in [6, 6.07) is 9.33. The summed E-state index contributed by atoms with van der Waals surface area (Å²) in [5.74, 6) is -3.32. The minimum atomic E-state index is -1.00. The van der Waals surface area contributed by atoms with Crippen molar-refractivity contribution in [3.05, 3.63) is 58.7 Å². The Bertz CT molecular complexity index is 931. The Labute approximate surface area is 161 Å². The first kappa shape index (κ1) is 20.6. The molecule has 0 unspecified atom stereocenters. The van der Waals surface area contributed by atoms with Crippen LogP contribution in [-0.2, 0) is 19.1 Å². The summed E-state index contributed by atoms with van der Waals surface area (Å²) in [6.45, 7) is 3.60. The summed E-state index contributed by atoms with van der Waals surface area (Å²) >= 11 is 0. The van der Waals surface area contributed by atoms with Crippen LogP contribution in [0.1, 0.15) is 31.8 Å². The first-order chi connectivity index (χ1) is 13.3. The van der Waals surface area contributed by atoms with E-state index < -0.39 is 23.8 Å². The Morgan fingerprint density at radius 3 is 1.93 bits per heavy atom. The number of hydrogen-bond acceptors (Lipinski definition) is 6. The van der Waals surface area contributed by atoms with Crippen molar-refractivity contribution < 1.29 is 28.7 Å². The van der Waals surface area contributed by atoms with Crippen molar-refractivity contribution in [2.24, 2.45) is 0 Å². The van der Waals surface area contributed by atoms with Crippen LogP contribution in [0, 0.1) is 13.8 Å². The monoisotopic (exact) mass is 384 g/mol. The van der Waals surface area contributed by atoms with Crippen LogP contribution < -0.4 is 10.6 Å². The molecule has 0 saturated carbocycles. The molecule has 0 aliphatic heterocycles. The second kappa shape index (κ2) is 8.81. The van der Waals surface area contributed by atoms with Crippen LogP contribution in [0.25, 0.3) is 0 Å². The molecule has 0 aliphatic carbocycles. The molecule has 2 aromatic rings. The number of benzene rings is 2. The maximum Gasteiger partial charge on any atom is 0.339 e. The van der Waals surface area contributed by atoms with Crippen molar-refractivity contribution in [2.75, 3.05) is 24.9 Å². The van der Waals surface area contributed by atoms with E-state index in [9.17, 15) is 19.2 Å². The fraction of sp³-hybridized carbons (Fsp3) is 0.200. The number of carbonyl (C=O) groups is 4. The van der Waals surface area contributed by atoms with Gasteiger partial charge in [-0.25, -0.2) is 9.59 Å². The van der Waals surface area contributed by atoms with Crippen molar-refractivity contribution in [1.82, 2.24) is 0 Å². The predicted octanol–water partition coefficient (Wildman–Crippen LogP) is 2.45. The standard InChI is InChI=1S/C20H20N2O6/c1-11-6-5-7-12(2)16(11)22-18(24)17(23)21-15-10-13(19(25)27-3)8-9-14(15)20(26)28-4/h5-10H,1-4H3,(H,21,23)(H,22,24). The van der Waals surface area contributed by atoms with Crippen LogP contribution in [0.5, 0.6) is 0 Å². The van der Waals surface area contributed by atoms with Crippen LogP contribution >= 0.6 is 0 Å². The van der Waals surface area contributed by atoms with Gasteiger partial charge in [0.1, 0.15) is 0 Å². The number of nitrogens with one attached hydrogen (secondary N) is 2. The number of para-hydroxylation sites is 1. The van der Waals surface area contributed by atoms with Gasteiger partial charge in [-0.05, 0) is 43.2 Å². The van der Waals surface area contributed by atoms with E-state index in [0.717, 1.165) is 11.1 Å². The Hall–Kier alpha value is -3.68. The molecule has 0 aliphatic rings.